The van der Waals surface area contributed by atoms with Gasteiger partial charge in [0.2, 0.25) is 10.0 Å². The van der Waals surface area contributed by atoms with Crippen molar-refractivity contribution in [3.05, 3.63) is 78.1 Å². The molecule has 0 spiro atoms. The van der Waals surface area contributed by atoms with Gasteiger partial charge in [-0.2, -0.15) is 0 Å². The minimum atomic E-state index is -3.79. The number of nitrogens with one attached hydrogen (secondary N) is 1. The second-order valence-electron chi connectivity index (χ2n) is 6.22. The van der Waals surface area contributed by atoms with Gasteiger partial charge in [-0.25, -0.2) is 17.5 Å². The third-order valence-electron chi connectivity index (χ3n) is 3.97. The van der Waals surface area contributed by atoms with Gasteiger partial charge in [0, 0.05) is 5.56 Å². The number of hydrogen-bond acceptors (Lipinski definition) is 2. The molecule has 0 bridgehead atoms. The Kier molecular flexibility index (Phi) is 4.15. The van der Waals surface area contributed by atoms with Gasteiger partial charge in [-0.15, -0.1) is 0 Å². The van der Waals surface area contributed by atoms with Crippen LogP contribution in [0.2, 0.25) is 0 Å². The fourth-order valence-corrected chi connectivity index (χ4v) is 4.18. The Balaban J connectivity index is 1.99. The standard InChI is InChI=1S/C19H18FNO2S/c1-19(2,17-9-5-6-10-18(17)20)21-24(22,23)16-12-11-14-7-3-4-8-15(14)13-16/h3-13,21H,1-2H3. The van der Waals surface area contributed by atoms with Gasteiger partial charge in [-0.05, 0) is 42.8 Å². The van der Waals surface area contributed by atoms with Crippen LogP contribution < -0.4 is 4.72 Å². The van der Waals surface area contributed by atoms with Crippen molar-refractivity contribution in [2.75, 3.05) is 0 Å². The summed E-state index contributed by atoms with van der Waals surface area (Å²) in [5.74, 6) is -0.441. The van der Waals surface area contributed by atoms with E-state index in [2.05, 4.69) is 4.72 Å². The Morgan fingerprint density at radius 1 is 0.875 bits per heavy atom. The number of rotatable bonds is 4. The number of fused-ring (bicyclic) bond motifs is 1. The predicted molar refractivity (Wildman–Crippen MR) is 93.7 cm³/mol. The molecule has 0 fully saturated rings. The van der Waals surface area contributed by atoms with Crippen molar-refractivity contribution in [3.8, 4) is 0 Å². The molecule has 0 amide bonds. The van der Waals surface area contributed by atoms with E-state index in [0.717, 1.165) is 10.8 Å². The van der Waals surface area contributed by atoms with E-state index < -0.39 is 21.4 Å². The molecule has 3 rings (SSSR count). The van der Waals surface area contributed by atoms with Gasteiger partial charge >= 0.3 is 0 Å². The highest BCUT2D eigenvalue weighted by atomic mass is 32.2. The van der Waals surface area contributed by atoms with E-state index in [1.165, 1.54) is 6.07 Å². The highest BCUT2D eigenvalue weighted by molar-refractivity contribution is 7.89. The summed E-state index contributed by atoms with van der Waals surface area (Å²) in [7, 11) is -3.79. The first-order valence-electron chi connectivity index (χ1n) is 7.57. The average molecular weight is 343 g/mol. The normalized spacial score (nSPS) is 12.5. The molecule has 0 heterocycles. The van der Waals surface area contributed by atoms with E-state index in [1.54, 1.807) is 50.2 Å². The largest absolute Gasteiger partial charge is 0.241 e. The number of hydrogen-bond donors (Lipinski definition) is 1. The van der Waals surface area contributed by atoms with Crippen molar-refractivity contribution < 1.29 is 12.8 Å². The van der Waals surface area contributed by atoms with Crippen LogP contribution in [0.15, 0.2) is 71.6 Å². The topological polar surface area (TPSA) is 46.2 Å². The summed E-state index contributed by atoms with van der Waals surface area (Å²) in [6.45, 7) is 3.29. The lowest BCUT2D eigenvalue weighted by molar-refractivity contribution is 0.447. The van der Waals surface area contributed by atoms with Gasteiger partial charge in [0.05, 0.1) is 10.4 Å². The highest BCUT2D eigenvalue weighted by Crippen LogP contribution is 2.26. The number of benzene rings is 3. The molecule has 124 valence electrons. The molecule has 0 saturated heterocycles. The smallest absolute Gasteiger partial charge is 0.207 e. The molecule has 0 radical (unpaired) electrons. The SMILES string of the molecule is CC(C)(NS(=O)(=O)c1ccc2ccccc2c1)c1ccccc1F. The molecule has 1 N–H and O–H groups in total. The second kappa shape index (κ2) is 6.00. The zero-order chi connectivity index (χ0) is 17.4. The minimum Gasteiger partial charge on any atom is -0.207 e. The maximum Gasteiger partial charge on any atom is 0.241 e. The molecule has 5 heteroatoms. The molecule has 3 aromatic rings. The van der Waals surface area contributed by atoms with Crippen molar-refractivity contribution >= 4 is 20.8 Å². The lowest BCUT2D eigenvalue weighted by atomic mass is 9.95. The first kappa shape index (κ1) is 16.6. The zero-order valence-electron chi connectivity index (χ0n) is 13.5. The molecule has 0 saturated carbocycles. The van der Waals surface area contributed by atoms with Crippen molar-refractivity contribution in [1.29, 1.82) is 0 Å². The fraction of sp³-hybridized carbons (Fsp3) is 0.158. The van der Waals surface area contributed by atoms with Crippen LogP contribution in [0.1, 0.15) is 19.4 Å². The molecule has 3 aromatic carbocycles. The molecule has 0 aliphatic rings. The summed E-state index contributed by atoms with van der Waals surface area (Å²) in [6.07, 6.45) is 0. The van der Waals surface area contributed by atoms with Crippen molar-refractivity contribution in [3.63, 3.8) is 0 Å². The Hall–Kier alpha value is -2.24. The first-order chi connectivity index (χ1) is 11.3. The quantitative estimate of drug-likeness (QED) is 0.772. The molecule has 0 aliphatic heterocycles. The van der Waals surface area contributed by atoms with Gasteiger partial charge in [0.15, 0.2) is 0 Å². The lowest BCUT2D eigenvalue weighted by Gasteiger charge is -2.27. The predicted octanol–water partition coefficient (Wildman–Crippen LogP) is 4.19. The van der Waals surface area contributed by atoms with Crippen LogP contribution in [0.5, 0.6) is 0 Å². The van der Waals surface area contributed by atoms with Crippen LogP contribution >= 0.6 is 0 Å². The van der Waals surface area contributed by atoms with Gasteiger partial charge in [-0.1, -0.05) is 48.5 Å². The van der Waals surface area contributed by atoms with E-state index in [4.69, 9.17) is 0 Å². The fourth-order valence-electron chi connectivity index (χ4n) is 2.75. The maximum absolute atomic E-state index is 14.0. The Morgan fingerprint density at radius 2 is 1.50 bits per heavy atom. The summed E-state index contributed by atoms with van der Waals surface area (Å²) in [4.78, 5) is 0.158. The van der Waals surface area contributed by atoms with Crippen molar-refractivity contribution in [2.24, 2.45) is 0 Å². The Labute approximate surface area is 141 Å². The van der Waals surface area contributed by atoms with Crippen LogP contribution in [0.25, 0.3) is 10.8 Å². The van der Waals surface area contributed by atoms with Gasteiger partial charge in [-0.3, -0.25) is 0 Å². The van der Waals surface area contributed by atoms with Gasteiger partial charge in [0.1, 0.15) is 5.82 Å². The molecule has 0 aromatic heterocycles. The van der Waals surface area contributed by atoms with Crippen LogP contribution in [0.4, 0.5) is 4.39 Å². The zero-order valence-corrected chi connectivity index (χ0v) is 14.3. The van der Waals surface area contributed by atoms with E-state index in [9.17, 15) is 12.8 Å². The first-order valence-corrected chi connectivity index (χ1v) is 9.06. The van der Waals surface area contributed by atoms with E-state index >= 15 is 0 Å². The van der Waals surface area contributed by atoms with Crippen LogP contribution in [-0.2, 0) is 15.6 Å². The van der Waals surface area contributed by atoms with Crippen molar-refractivity contribution in [1.82, 2.24) is 4.72 Å². The van der Waals surface area contributed by atoms with Crippen LogP contribution in [0, 0.1) is 5.82 Å². The molecule has 0 atom stereocenters. The third kappa shape index (κ3) is 3.18. The van der Waals surface area contributed by atoms with Crippen LogP contribution in [0.3, 0.4) is 0 Å². The Bertz CT molecular complexity index is 997. The van der Waals surface area contributed by atoms with Gasteiger partial charge in [0.25, 0.3) is 0 Å². The van der Waals surface area contributed by atoms with E-state index in [-0.39, 0.29) is 4.90 Å². The molecular weight excluding hydrogens is 325 g/mol. The number of halogens is 1. The summed E-state index contributed by atoms with van der Waals surface area (Å²) < 4.78 is 42.1. The third-order valence-corrected chi connectivity index (χ3v) is 5.62. The average Bonchev–Trinajstić information content (AvgIpc) is 2.53. The summed E-state index contributed by atoms with van der Waals surface area (Å²) in [6, 6.07) is 18.6. The molecule has 0 aliphatic carbocycles. The Morgan fingerprint density at radius 3 is 2.21 bits per heavy atom. The maximum atomic E-state index is 14.0. The molecular formula is C19H18FNO2S. The lowest BCUT2D eigenvalue weighted by Crippen LogP contribution is -2.41. The minimum absolute atomic E-state index is 0.158. The second-order valence-corrected chi connectivity index (χ2v) is 7.90. The van der Waals surface area contributed by atoms with Crippen molar-refractivity contribution in [2.45, 2.75) is 24.3 Å². The molecule has 3 nitrogen and oxygen atoms in total. The van der Waals surface area contributed by atoms with E-state index in [1.807, 2.05) is 24.3 Å². The summed E-state index contributed by atoms with van der Waals surface area (Å²) in [5.41, 5.74) is -0.773. The van der Waals surface area contributed by atoms with Gasteiger partial charge < -0.3 is 0 Å². The molecule has 0 unspecified atom stereocenters. The monoisotopic (exact) mass is 343 g/mol. The molecule has 24 heavy (non-hydrogen) atoms. The highest BCUT2D eigenvalue weighted by Gasteiger charge is 2.30. The summed E-state index contributed by atoms with van der Waals surface area (Å²) in [5, 5.41) is 1.80. The van der Waals surface area contributed by atoms with Crippen LogP contribution in [-0.4, -0.2) is 8.42 Å². The van der Waals surface area contributed by atoms with E-state index in [0.29, 0.717) is 5.56 Å². The number of sulfonamides is 1. The summed E-state index contributed by atoms with van der Waals surface area (Å²) >= 11 is 0.